The highest BCUT2D eigenvalue weighted by atomic mass is 35.5. The van der Waals surface area contributed by atoms with Gasteiger partial charge in [0.15, 0.2) is 5.75 Å². The van der Waals surface area contributed by atoms with E-state index in [-0.39, 0.29) is 30.9 Å². The minimum absolute atomic E-state index is 0.00904. The number of benzene rings is 1. The lowest BCUT2D eigenvalue weighted by Gasteiger charge is -2.06. The smallest absolute Gasteiger partial charge is 0.324 e. The Morgan fingerprint density at radius 2 is 0.812 bits per heavy atom. The molecule has 0 unspecified atom stereocenters. The third-order valence-electron chi connectivity index (χ3n) is 1.19. The fourth-order valence-corrected chi connectivity index (χ4v) is 1.72. The summed E-state index contributed by atoms with van der Waals surface area (Å²) in [6.07, 6.45) is 0. The molecule has 10 heteroatoms. The summed E-state index contributed by atoms with van der Waals surface area (Å²) in [6.45, 7) is 0. The first-order chi connectivity index (χ1) is 7.20. The second kappa shape index (κ2) is 7.27. The molecule has 4 N–H and O–H groups in total. The van der Waals surface area contributed by atoms with Crippen LogP contribution in [-0.2, 0) is 0 Å². The van der Waals surface area contributed by atoms with Crippen molar-refractivity contribution in [2.45, 2.75) is 0 Å². The van der Waals surface area contributed by atoms with E-state index in [1.807, 2.05) is 0 Å². The Balaban J connectivity index is 0.000000487. The molecule has 0 bridgehead atoms. The van der Waals surface area contributed by atoms with Gasteiger partial charge in [0.05, 0.1) is 15.1 Å². The molecule has 0 atom stereocenters. The third-order valence-corrected chi connectivity index (χ3v) is 3.44. The van der Waals surface area contributed by atoms with Crippen LogP contribution in [0.4, 0.5) is 0 Å². The average Bonchev–Trinajstić information content (AvgIpc) is 2.20. The van der Waals surface area contributed by atoms with Gasteiger partial charge in [0.2, 0.25) is 0 Å². The summed E-state index contributed by atoms with van der Waals surface area (Å²) in [5.41, 5.74) is 0. The first kappa shape index (κ1) is 16.8. The number of aromatic hydroxyl groups is 1. The first-order valence-corrected chi connectivity index (χ1v) is 6.36. The van der Waals surface area contributed by atoms with Crippen molar-refractivity contribution in [3.05, 3.63) is 25.1 Å². The zero-order valence-electron chi connectivity index (χ0n) is 7.13. The lowest BCUT2D eigenvalue weighted by atomic mass is 10.3. The number of hydrogen-bond donors (Lipinski definition) is 4. The summed E-state index contributed by atoms with van der Waals surface area (Å²) in [5.74, 6) is -0.363. The van der Waals surface area contributed by atoms with Crippen LogP contribution < -0.4 is 0 Å². The highest BCUT2D eigenvalue weighted by molar-refractivity contribution is 7.38. The van der Waals surface area contributed by atoms with Gasteiger partial charge >= 0.3 is 8.60 Å². The van der Waals surface area contributed by atoms with Crippen LogP contribution in [0.1, 0.15) is 0 Å². The van der Waals surface area contributed by atoms with Gasteiger partial charge in [-0.25, -0.2) is 0 Å². The summed E-state index contributed by atoms with van der Waals surface area (Å²) in [4.78, 5) is 21.7. The molecule has 1 rings (SSSR count). The number of phenolic OH excluding ortho intramolecular Hbond substituents is 1. The van der Waals surface area contributed by atoms with E-state index in [0.29, 0.717) is 0 Å². The summed E-state index contributed by atoms with van der Waals surface area (Å²) in [5, 5.41) is 9.01. The zero-order valence-corrected chi connectivity index (χ0v) is 11.8. The van der Waals surface area contributed by atoms with E-state index >= 15 is 0 Å². The highest BCUT2D eigenvalue weighted by Gasteiger charge is 2.18. The molecule has 4 nitrogen and oxygen atoms in total. The molecule has 1 aromatic carbocycles. The van der Waals surface area contributed by atoms with Crippen LogP contribution in [-0.4, -0.2) is 19.8 Å². The van der Waals surface area contributed by atoms with Crippen LogP contribution in [0.25, 0.3) is 0 Å². The van der Waals surface area contributed by atoms with Crippen molar-refractivity contribution in [3.63, 3.8) is 0 Å². The molecule has 92 valence electrons. The van der Waals surface area contributed by atoms with E-state index in [2.05, 4.69) is 0 Å². The van der Waals surface area contributed by atoms with Gasteiger partial charge in [-0.05, 0) is 0 Å². The van der Waals surface area contributed by atoms with Crippen molar-refractivity contribution in [1.82, 2.24) is 0 Å². The van der Waals surface area contributed by atoms with Crippen molar-refractivity contribution in [1.29, 1.82) is 0 Å². The molecule has 0 aliphatic heterocycles. The minimum atomic E-state index is -2.62. The van der Waals surface area contributed by atoms with E-state index in [1.54, 1.807) is 0 Å². The van der Waals surface area contributed by atoms with Gasteiger partial charge in [-0.15, -0.1) is 0 Å². The second-order valence-electron chi connectivity index (χ2n) is 2.19. The molecule has 0 aliphatic rings. The van der Waals surface area contributed by atoms with Crippen molar-refractivity contribution < 1.29 is 19.8 Å². The standard InChI is InChI=1S/C6HCl5O.H3O3P/c7-1-2(8)4(10)6(12)5(11)3(1)9;1-4(2)3/h12H;1-3H. The van der Waals surface area contributed by atoms with E-state index in [1.165, 1.54) is 0 Å². The van der Waals surface area contributed by atoms with Crippen molar-refractivity contribution >= 4 is 66.6 Å². The molecule has 0 spiro atoms. The maximum absolute atomic E-state index is 9.20. The van der Waals surface area contributed by atoms with Gasteiger partial charge in [-0.1, -0.05) is 58.0 Å². The summed E-state index contributed by atoms with van der Waals surface area (Å²) in [6, 6.07) is 0. The largest absolute Gasteiger partial charge is 0.505 e. The van der Waals surface area contributed by atoms with Gasteiger partial charge in [0, 0.05) is 0 Å². The van der Waals surface area contributed by atoms with Crippen LogP contribution in [0, 0.1) is 0 Å². The molecule has 0 fully saturated rings. The molecular weight excluding hydrogens is 344 g/mol. The normalized spacial score (nSPS) is 10.1. The Hall–Kier alpha value is 0.780. The predicted octanol–water partition coefficient (Wildman–Crippen LogP) is 3.85. The van der Waals surface area contributed by atoms with Crippen molar-refractivity contribution in [3.8, 4) is 5.75 Å². The fourth-order valence-electron chi connectivity index (χ4n) is 0.593. The lowest BCUT2D eigenvalue weighted by molar-refractivity contribution is 0.368. The average molecular weight is 348 g/mol. The van der Waals surface area contributed by atoms with Crippen LogP contribution in [0.2, 0.25) is 25.1 Å². The second-order valence-corrected chi connectivity index (χ2v) is 4.61. The highest BCUT2D eigenvalue weighted by Crippen LogP contribution is 2.47. The SMILES string of the molecule is OP(O)O.Oc1c(Cl)c(Cl)c(Cl)c(Cl)c1Cl. The Morgan fingerprint density at radius 1 is 0.625 bits per heavy atom. The van der Waals surface area contributed by atoms with Crippen LogP contribution in [0.5, 0.6) is 5.75 Å². The molecule has 0 heterocycles. The Morgan fingerprint density at radius 3 is 1.06 bits per heavy atom. The Bertz CT molecular complexity index is 278. The molecule has 0 aromatic heterocycles. The minimum Gasteiger partial charge on any atom is -0.505 e. The van der Waals surface area contributed by atoms with Crippen LogP contribution in [0.3, 0.4) is 0 Å². The van der Waals surface area contributed by atoms with Gasteiger partial charge < -0.3 is 19.8 Å². The first-order valence-electron chi connectivity index (χ1n) is 3.27. The Kier molecular flexibility index (Phi) is 7.62. The van der Waals surface area contributed by atoms with Gasteiger partial charge in [0.25, 0.3) is 0 Å². The summed E-state index contributed by atoms with van der Waals surface area (Å²) in [7, 11) is -2.62. The molecule has 1 aromatic rings. The molecule has 0 saturated carbocycles. The van der Waals surface area contributed by atoms with Crippen LogP contribution >= 0.6 is 66.6 Å². The molecule has 0 radical (unpaired) electrons. The number of rotatable bonds is 0. The zero-order chi connectivity index (χ0) is 13.0. The maximum Gasteiger partial charge on any atom is 0.324 e. The van der Waals surface area contributed by atoms with E-state index < -0.39 is 8.60 Å². The molecular formula is C6H4Cl5O4P. The van der Waals surface area contributed by atoms with Crippen LogP contribution in [0.15, 0.2) is 0 Å². The quantitative estimate of drug-likeness (QED) is 0.326. The van der Waals surface area contributed by atoms with E-state index in [4.69, 9.17) is 72.7 Å². The van der Waals surface area contributed by atoms with Gasteiger partial charge in [-0.2, -0.15) is 0 Å². The monoisotopic (exact) mass is 346 g/mol. The van der Waals surface area contributed by atoms with Gasteiger partial charge in [-0.3, -0.25) is 0 Å². The van der Waals surface area contributed by atoms with E-state index in [0.717, 1.165) is 0 Å². The lowest BCUT2D eigenvalue weighted by Crippen LogP contribution is -1.78. The van der Waals surface area contributed by atoms with Crippen molar-refractivity contribution in [2.75, 3.05) is 0 Å². The summed E-state index contributed by atoms with van der Waals surface area (Å²) < 4.78 is 0. The predicted molar refractivity (Wildman–Crippen MR) is 66.7 cm³/mol. The number of phenols is 1. The third kappa shape index (κ3) is 4.57. The van der Waals surface area contributed by atoms with Crippen molar-refractivity contribution in [2.24, 2.45) is 0 Å². The van der Waals surface area contributed by atoms with E-state index in [9.17, 15) is 5.11 Å². The number of hydrogen-bond acceptors (Lipinski definition) is 4. The summed E-state index contributed by atoms with van der Waals surface area (Å²) >= 11 is 27.9. The molecule has 0 amide bonds. The fraction of sp³-hybridized carbons (Fsp3) is 0. The molecule has 0 saturated heterocycles. The Labute approximate surface area is 117 Å². The molecule has 0 aliphatic carbocycles. The maximum atomic E-state index is 9.20. The topological polar surface area (TPSA) is 80.9 Å². The number of halogens is 5. The van der Waals surface area contributed by atoms with Gasteiger partial charge in [0.1, 0.15) is 10.0 Å². The molecule has 16 heavy (non-hydrogen) atoms.